The van der Waals surface area contributed by atoms with Gasteiger partial charge in [0.15, 0.2) is 17.3 Å². The summed E-state index contributed by atoms with van der Waals surface area (Å²) in [6, 6.07) is 3.69. The molecule has 1 saturated heterocycles. The number of aromatic carboxylic acids is 1. The van der Waals surface area contributed by atoms with Crippen LogP contribution < -0.4 is 16.1 Å². The van der Waals surface area contributed by atoms with E-state index in [0.29, 0.717) is 25.4 Å². The summed E-state index contributed by atoms with van der Waals surface area (Å²) in [5.74, 6) is -3.70. The van der Waals surface area contributed by atoms with Gasteiger partial charge in [-0.05, 0) is 30.0 Å². The lowest BCUT2D eigenvalue weighted by atomic mass is 10.1. The first-order valence-corrected chi connectivity index (χ1v) is 12.0. The molecular formula is C21H21F3N4O7S. The fourth-order valence-electron chi connectivity index (χ4n) is 4.19. The Kier molecular flexibility index (Phi) is 7.14. The maximum atomic E-state index is 14.8. The van der Waals surface area contributed by atoms with E-state index in [4.69, 9.17) is 10.3 Å². The SMILES string of the molecule is CS(=O)(=O)O.NC1[C@H]2CN(c3nc4c(cc3F)c(=O)c(C(=O)O)cn4-c3ccc(F)cc3F)C[C@@H]12.O. The minimum atomic E-state index is -3.67. The van der Waals surface area contributed by atoms with Crippen LogP contribution in [0.4, 0.5) is 19.0 Å². The van der Waals surface area contributed by atoms with Gasteiger partial charge in [0.2, 0.25) is 5.43 Å². The minimum Gasteiger partial charge on any atom is -0.477 e. The smallest absolute Gasteiger partial charge is 0.341 e. The van der Waals surface area contributed by atoms with Crippen LogP contribution in [0.15, 0.2) is 35.3 Å². The number of carboxylic acid groups (broad SMARTS) is 1. The highest BCUT2D eigenvalue weighted by atomic mass is 32.2. The molecule has 194 valence electrons. The summed E-state index contributed by atoms with van der Waals surface area (Å²) in [5, 5.41) is 9.05. The Morgan fingerprint density at radius 1 is 1.14 bits per heavy atom. The van der Waals surface area contributed by atoms with E-state index in [1.54, 1.807) is 4.90 Å². The number of nitrogens with zero attached hydrogens (tertiary/aromatic N) is 3. The number of rotatable bonds is 3. The molecule has 2 fully saturated rings. The lowest BCUT2D eigenvalue weighted by Gasteiger charge is -2.22. The van der Waals surface area contributed by atoms with E-state index >= 15 is 0 Å². The molecule has 0 radical (unpaired) electrons. The van der Waals surface area contributed by atoms with Crippen LogP contribution in [0, 0.1) is 29.3 Å². The van der Waals surface area contributed by atoms with E-state index in [1.165, 1.54) is 0 Å². The standard InChI is InChI=1S/C20H15F3N4O3.CH4O3S.H2O/c21-8-1-2-15(13(22)3-8)27-7-12(20(29)30)17(28)9-4-14(23)19(25-18(9)27)26-5-10-11(6-26)16(10)24;1-5(2,3)4;/h1-4,7,10-11,16H,5-6,24H2,(H,29,30);1H3,(H,2,3,4);1H2/t10-,11+,16?;;. The molecule has 0 amide bonds. The molecule has 1 aliphatic carbocycles. The second kappa shape index (κ2) is 9.50. The van der Waals surface area contributed by atoms with Crippen molar-refractivity contribution in [2.45, 2.75) is 6.04 Å². The van der Waals surface area contributed by atoms with Crippen molar-refractivity contribution in [2.24, 2.45) is 17.6 Å². The van der Waals surface area contributed by atoms with Crippen molar-refractivity contribution in [1.82, 2.24) is 9.55 Å². The number of hydrogen-bond donors (Lipinski definition) is 3. The molecule has 2 aliphatic rings. The molecule has 1 aromatic carbocycles. The Balaban J connectivity index is 0.000000551. The Hall–Kier alpha value is -3.53. The number of anilines is 1. The van der Waals surface area contributed by atoms with Crippen molar-refractivity contribution in [3.05, 3.63) is 63.7 Å². The van der Waals surface area contributed by atoms with E-state index in [2.05, 4.69) is 4.98 Å². The molecule has 1 aliphatic heterocycles. The molecule has 36 heavy (non-hydrogen) atoms. The number of hydrogen-bond acceptors (Lipinski definition) is 7. The van der Waals surface area contributed by atoms with Gasteiger partial charge < -0.3 is 21.2 Å². The number of fused-ring (bicyclic) bond motifs is 2. The zero-order valence-corrected chi connectivity index (χ0v) is 19.3. The first kappa shape index (κ1) is 27.1. The second-order valence-corrected chi connectivity index (χ2v) is 9.82. The normalized spacial score (nSPS) is 20.3. The molecule has 1 saturated carbocycles. The van der Waals surface area contributed by atoms with Gasteiger partial charge in [-0.3, -0.25) is 13.9 Å². The maximum absolute atomic E-state index is 14.8. The molecule has 0 bridgehead atoms. The monoisotopic (exact) mass is 530 g/mol. The van der Waals surface area contributed by atoms with Gasteiger partial charge in [-0.25, -0.2) is 22.9 Å². The highest BCUT2D eigenvalue weighted by molar-refractivity contribution is 7.85. The van der Waals surface area contributed by atoms with Crippen LogP contribution in [0.3, 0.4) is 0 Å². The number of piperidine rings is 1. The Bertz CT molecular complexity index is 1510. The molecule has 1 unspecified atom stereocenters. The number of nitrogens with two attached hydrogens (primary N) is 1. The molecule has 3 heterocycles. The first-order valence-electron chi connectivity index (χ1n) is 10.1. The number of pyridine rings is 2. The van der Waals surface area contributed by atoms with Gasteiger partial charge in [0.25, 0.3) is 10.1 Å². The van der Waals surface area contributed by atoms with E-state index in [9.17, 15) is 36.3 Å². The Labute approximate surface area is 201 Å². The number of halogens is 3. The van der Waals surface area contributed by atoms with Crippen LogP contribution in [0.5, 0.6) is 0 Å². The highest BCUT2D eigenvalue weighted by Crippen LogP contribution is 2.45. The summed E-state index contributed by atoms with van der Waals surface area (Å²) < 4.78 is 69.6. The minimum absolute atomic E-state index is 0. The van der Waals surface area contributed by atoms with Crippen LogP contribution in [-0.4, -0.2) is 64.5 Å². The van der Waals surface area contributed by atoms with Gasteiger partial charge in [0, 0.05) is 31.4 Å². The van der Waals surface area contributed by atoms with Crippen molar-refractivity contribution in [1.29, 1.82) is 0 Å². The van der Waals surface area contributed by atoms with Crippen LogP contribution in [-0.2, 0) is 10.1 Å². The van der Waals surface area contributed by atoms with Gasteiger partial charge >= 0.3 is 5.97 Å². The molecule has 11 nitrogen and oxygen atoms in total. The van der Waals surface area contributed by atoms with Gasteiger partial charge in [-0.15, -0.1) is 0 Å². The third kappa shape index (κ3) is 5.18. The predicted octanol–water partition coefficient (Wildman–Crippen LogP) is 0.574. The quantitative estimate of drug-likeness (QED) is 0.407. The third-order valence-electron chi connectivity index (χ3n) is 5.87. The first-order chi connectivity index (χ1) is 16.3. The zero-order valence-electron chi connectivity index (χ0n) is 18.5. The lowest BCUT2D eigenvalue weighted by Crippen LogP contribution is -2.30. The number of aromatic nitrogens is 2. The maximum Gasteiger partial charge on any atom is 0.341 e. The van der Waals surface area contributed by atoms with Crippen molar-refractivity contribution in [3.63, 3.8) is 0 Å². The largest absolute Gasteiger partial charge is 0.477 e. The number of carboxylic acids is 1. The van der Waals surface area contributed by atoms with Crippen LogP contribution in [0.1, 0.15) is 10.4 Å². The third-order valence-corrected chi connectivity index (χ3v) is 5.87. The lowest BCUT2D eigenvalue weighted by molar-refractivity contribution is 0.0695. The summed E-state index contributed by atoms with van der Waals surface area (Å²) in [7, 11) is -3.67. The van der Waals surface area contributed by atoms with Crippen molar-refractivity contribution < 1.29 is 41.5 Å². The van der Waals surface area contributed by atoms with Gasteiger partial charge in [0.1, 0.15) is 17.2 Å². The van der Waals surface area contributed by atoms with Crippen LogP contribution in [0.2, 0.25) is 0 Å². The zero-order chi connectivity index (χ0) is 25.8. The Morgan fingerprint density at radius 2 is 1.72 bits per heavy atom. The van der Waals surface area contributed by atoms with Crippen molar-refractivity contribution >= 4 is 32.9 Å². The average Bonchev–Trinajstić information content (AvgIpc) is 3.14. The van der Waals surface area contributed by atoms with Gasteiger partial charge in [-0.1, -0.05) is 0 Å². The highest BCUT2D eigenvalue weighted by Gasteiger charge is 2.54. The molecular weight excluding hydrogens is 509 g/mol. The fourth-order valence-corrected chi connectivity index (χ4v) is 4.19. The molecule has 15 heteroatoms. The van der Waals surface area contributed by atoms with E-state index in [0.717, 1.165) is 29.0 Å². The van der Waals surface area contributed by atoms with Crippen molar-refractivity contribution in [2.75, 3.05) is 24.2 Å². The topological polar surface area (TPSA) is 187 Å². The molecule has 3 atom stereocenters. The molecule has 5 rings (SSSR count). The average molecular weight is 530 g/mol. The van der Waals surface area contributed by atoms with E-state index in [-0.39, 0.29) is 45.9 Å². The van der Waals surface area contributed by atoms with Crippen LogP contribution in [0.25, 0.3) is 16.7 Å². The van der Waals surface area contributed by atoms with E-state index in [1.807, 2.05) is 0 Å². The van der Waals surface area contributed by atoms with Crippen molar-refractivity contribution in [3.8, 4) is 5.69 Å². The predicted molar refractivity (Wildman–Crippen MR) is 122 cm³/mol. The fraction of sp³-hybridized carbons (Fsp3) is 0.286. The number of benzene rings is 1. The summed E-state index contributed by atoms with van der Waals surface area (Å²) in [6.45, 7) is 1.01. The van der Waals surface area contributed by atoms with Gasteiger partial charge in [0.05, 0.1) is 17.3 Å². The van der Waals surface area contributed by atoms with Gasteiger partial charge in [-0.2, -0.15) is 8.42 Å². The molecule has 6 N–H and O–H groups in total. The Morgan fingerprint density at radius 3 is 2.25 bits per heavy atom. The molecule has 0 spiro atoms. The summed E-state index contributed by atoms with van der Waals surface area (Å²) in [4.78, 5) is 30.1. The summed E-state index contributed by atoms with van der Waals surface area (Å²) in [6.07, 6.45) is 1.63. The molecule has 2 aromatic heterocycles. The number of carbonyl (C=O) groups is 1. The van der Waals surface area contributed by atoms with Crippen LogP contribution >= 0.6 is 0 Å². The molecule has 3 aromatic rings. The summed E-state index contributed by atoms with van der Waals surface area (Å²) in [5.41, 5.74) is 3.94. The van der Waals surface area contributed by atoms with E-state index < -0.39 is 44.5 Å². The summed E-state index contributed by atoms with van der Waals surface area (Å²) >= 11 is 0. The second-order valence-electron chi connectivity index (χ2n) is 8.35.